The number of carbonyl (C=O) groups is 1. The van der Waals surface area contributed by atoms with E-state index >= 15 is 0 Å². The van der Waals surface area contributed by atoms with E-state index < -0.39 is 10.0 Å². The summed E-state index contributed by atoms with van der Waals surface area (Å²) in [7, 11) is -2.01. The van der Waals surface area contributed by atoms with Gasteiger partial charge in [-0.3, -0.25) is 4.79 Å². The van der Waals surface area contributed by atoms with Crippen LogP contribution >= 0.6 is 11.3 Å². The van der Waals surface area contributed by atoms with Crippen LogP contribution in [0.1, 0.15) is 33.6 Å². The van der Waals surface area contributed by atoms with Gasteiger partial charge < -0.3 is 10.1 Å². The highest BCUT2D eigenvalue weighted by atomic mass is 32.2. The number of sulfonamides is 1. The Labute approximate surface area is 184 Å². The van der Waals surface area contributed by atoms with Gasteiger partial charge in [0.15, 0.2) is 0 Å². The molecule has 1 aliphatic rings. The first-order valence-electron chi connectivity index (χ1n) is 9.81. The molecular formula is C21H22N4O4S2. The third kappa shape index (κ3) is 4.76. The van der Waals surface area contributed by atoms with Crippen molar-refractivity contribution in [1.29, 1.82) is 0 Å². The SMILES string of the molecule is COc1ccc(S(=O)(=O)N2CCC(c3nnc(C(=O)Nc4ccccc4)s3)CC2)cc1. The lowest BCUT2D eigenvalue weighted by Crippen LogP contribution is -2.37. The van der Waals surface area contributed by atoms with Crippen LogP contribution in [0.5, 0.6) is 5.75 Å². The number of nitrogens with one attached hydrogen (secondary N) is 1. The molecular weight excluding hydrogens is 436 g/mol. The number of aromatic nitrogens is 2. The van der Waals surface area contributed by atoms with E-state index in [1.807, 2.05) is 18.2 Å². The summed E-state index contributed by atoms with van der Waals surface area (Å²) < 4.78 is 32.4. The average Bonchev–Trinajstić information content (AvgIpc) is 3.30. The van der Waals surface area contributed by atoms with Crippen molar-refractivity contribution in [1.82, 2.24) is 14.5 Å². The molecule has 1 amide bonds. The number of amides is 1. The fourth-order valence-corrected chi connectivity index (χ4v) is 5.81. The van der Waals surface area contributed by atoms with Gasteiger partial charge in [-0.2, -0.15) is 4.31 Å². The number of nitrogens with zero attached hydrogens (tertiary/aromatic N) is 3. The first-order valence-corrected chi connectivity index (χ1v) is 12.1. The van der Waals surface area contributed by atoms with E-state index in [-0.39, 0.29) is 16.7 Å². The number of hydrogen-bond donors (Lipinski definition) is 1. The molecule has 3 aromatic rings. The Morgan fingerprint density at radius 1 is 1.06 bits per heavy atom. The average molecular weight is 459 g/mol. The first kappa shape index (κ1) is 21.4. The molecule has 0 unspecified atom stereocenters. The largest absolute Gasteiger partial charge is 0.497 e. The van der Waals surface area contributed by atoms with Gasteiger partial charge in [0.1, 0.15) is 10.8 Å². The topological polar surface area (TPSA) is 101 Å². The molecule has 8 nitrogen and oxygen atoms in total. The summed E-state index contributed by atoms with van der Waals surface area (Å²) in [5.41, 5.74) is 0.696. The summed E-state index contributed by atoms with van der Waals surface area (Å²) in [4.78, 5) is 12.6. The van der Waals surface area contributed by atoms with Crippen LogP contribution in [0.4, 0.5) is 5.69 Å². The third-order valence-corrected chi connectivity index (χ3v) is 8.16. The summed E-state index contributed by atoms with van der Waals surface area (Å²) in [5.74, 6) is 0.397. The highest BCUT2D eigenvalue weighted by molar-refractivity contribution is 7.89. The molecule has 0 radical (unpaired) electrons. The summed E-state index contributed by atoms with van der Waals surface area (Å²) in [5, 5.41) is 12.1. The van der Waals surface area contributed by atoms with Gasteiger partial charge in [0, 0.05) is 24.7 Å². The molecule has 4 rings (SSSR count). The number of ether oxygens (including phenoxy) is 1. The maximum Gasteiger partial charge on any atom is 0.286 e. The quantitative estimate of drug-likeness (QED) is 0.608. The standard InChI is InChI=1S/C21H22N4O4S2/c1-29-17-7-9-18(10-8-17)31(27,28)25-13-11-15(12-14-25)20-23-24-21(30-20)19(26)22-16-5-3-2-4-6-16/h2-10,15H,11-14H2,1H3,(H,22,26). The van der Waals surface area contributed by atoms with Crippen molar-refractivity contribution in [3.8, 4) is 5.75 Å². The Balaban J connectivity index is 1.38. The van der Waals surface area contributed by atoms with Crippen molar-refractivity contribution in [3.63, 3.8) is 0 Å². The lowest BCUT2D eigenvalue weighted by molar-refractivity contribution is 0.102. The van der Waals surface area contributed by atoms with Crippen LogP contribution in [0.25, 0.3) is 0 Å². The minimum absolute atomic E-state index is 0.0816. The molecule has 0 spiro atoms. The van der Waals surface area contributed by atoms with Crippen molar-refractivity contribution in [3.05, 3.63) is 64.6 Å². The molecule has 1 aliphatic heterocycles. The summed E-state index contributed by atoms with van der Waals surface area (Å²) in [6.07, 6.45) is 1.26. The Bertz CT molecular complexity index is 1140. The second kappa shape index (κ2) is 9.13. The minimum atomic E-state index is -3.55. The molecule has 1 N–H and O–H groups in total. The Morgan fingerprint density at radius 3 is 2.39 bits per heavy atom. The molecule has 2 aromatic carbocycles. The van der Waals surface area contributed by atoms with Crippen LogP contribution < -0.4 is 10.1 Å². The van der Waals surface area contributed by atoms with Gasteiger partial charge in [0.25, 0.3) is 5.91 Å². The summed E-state index contributed by atoms with van der Waals surface area (Å²) >= 11 is 1.26. The van der Waals surface area contributed by atoms with E-state index in [0.717, 1.165) is 5.01 Å². The molecule has 0 saturated carbocycles. The van der Waals surface area contributed by atoms with E-state index in [9.17, 15) is 13.2 Å². The maximum absolute atomic E-state index is 12.9. The van der Waals surface area contributed by atoms with Crippen LogP contribution in [0.2, 0.25) is 0 Å². The Morgan fingerprint density at radius 2 is 1.74 bits per heavy atom. The van der Waals surface area contributed by atoms with Gasteiger partial charge in [-0.05, 0) is 49.2 Å². The molecule has 162 valence electrons. The zero-order valence-electron chi connectivity index (χ0n) is 16.9. The predicted octanol–water partition coefficient (Wildman–Crippen LogP) is 3.37. The van der Waals surface area contributed by atoms with Crippen LogP contribution in [0, 0.1) is 0 Å². The zero-order chi connectivity index (χ0) is 21.8. The number of carbonyl (C=O) groups excluding carboxylic acids is 1. The van der Waals surface area contributed by atoms with Crippen LogP contribution in [-0.4, -0.2) is 49.0 Å². The number of methoxy groups -OCH3 is 1. The molecule has 0 atom stereocenters. The van der Waals surface area contributed by atoms with Crippen LogP contribution in [0.15, 0.2) is 59.5 Å². The van der Waals surface area contributed by atoms with E-state index in [0.29, 0.717) is 42.4 Å². The van der Waals surface area contributed by atoms with Gasteiger partial charge >= 0.3 is 0 Å². The van der Waals surface area contributed by atoms with Gasteiger partial charge in [-0.25, -0.2) is 8.42 Å². The van der Waals surface area contributed by atoms with Crippen molar-refractivity contribution >= 4 is 33.0 Å². The molecule has 1 fully saturated rings. The van der Waals surface area contributed by atoms with Crippen molar-refractivity contribution in [2.75, 3.05) is 25.5 Å². The number of rotatable bonds is 6. The molecule has 10 heteroatoms. The summed E-state index contributed by atoms with van der Waals surface area (Å²) in [6.45, 7) is 0.786. The Kier molecular flexibility index (Phi) is 6.30. The van der Waals surface area contributed by atoms with Crippen molar-refractivity contribution in [2.24, 2.45) is 0 Å². The maximum atomic E-state index is 12.9. The molecule has 2 heterocycles. The molecule has 0 bridgehead atoms. The van der Waals surface area contributed by atoms with E-state index in [1.54, 1.807) is 43.5 Å². The number of hydrogen-bond acceptors (Lipinski definition) is 7. The van der Waals surface area contributed by atoms with Gasteiger partial charge in [-0.1, -0.05) is 29.5 Å². The molecule has 1 aromatic heterocycles. The number of anilines is 1. The Hall–Kier alpha value is -2.82. The van der Waals surface area contributed by atoms with Gasteiger partial charge in [0.2, 0.25) is 15.0 Å². The van der Waals surface area contributed by atoms with E-state index in [1.165, 1.54) is 15.6 Å². The molecule has 0 aliphatic carbocycles. The highest BCUT2D eigenvalue weighted by Gasteiger charge is 2.31. The predicted molar refractivity (Wildman–Crippen MR) is 118 cm³/mol. The van der Waals surface area contributed by atoms with Crippen molar-refractivity contribution in [2.45, 2.75) is 23.7 Å². The van der Waals surface area contributed by atoms with Crippen molar-refractivity contribution < 1.29 is 17.9 Å². The highest BCUT2D eigenvalue weighted by Crippen LogP contribution is 2.32. The first-order chi connectivity index (χ1) is 15.0. The van der Waals surface area contributed by atoms with Gasteiger partial charge in [-0.15, -0.1) is 10.2 Å². The lowest BCUT2D eigenvalue weighted by Gasteiger charge is -2.30. The monoisotopic (exact) mass is 458 g/mol. The van der Waals surface area contributed by atoms with E-state index in [4.69, 9.17) is 4.74 Å². The fraction of sp³-hybridized carbons (Fsp3) is 0.286. The number of benzene rings is 2. The zero-order valence-corrected chi connectivity index (χ0v) is 18.5. The summed E-state index contributed by atoms with van der Waals surface area (Å²) in [6, 6.07) is 15.6. The lowest BCUT2D eigenvalue weighted by atomic mass is 9.99. The molecule has 1 saturated heterocycles. The fourth-order valence-electron chi connectivity index (χ4n) is 3.44. The van der Waals surface area contributed by atoms with Crippen LogP contribution in [-0.2, 0) is 10.0 Å². The van der Waals surface area contributed by atoms with Gasteiger partial charge in [0.05, 0.1) is 12.0 Å². The second-order valence-corrected chi connectivity index (χ2v) is 10.1. The van der Waals surface area contributed by atoms with E-state index in [2.05, 4.69) is 15.5 Å². The minimum Gasteiger partial charge on any atom is -0.497 e. The third-order valence-electron chi connectivity index (χ3n) is 5.17. The normalized spacial score (nSPS) is 15.5. The van der Waals surface area contributed by atoms with Crippen LogP contribution in [0.3, 0.4) is 0 Å². The molecule has 31 heavy (non-hydrogen) atoms. The number of piperidine rings is 1. The number of para-hydroxylation sites is 1. The smallest absolute Gasteiger partial charge is 0.286 e. The second-order valence-electron chi connectivity index (χ2n) is 7.12.